The Morgan fingerprint density at radius 1 is 0.410 bits per heavy atom. The summed E-state index contributed by atoms with van der Waals surface area (Å²) < 4.78 is 70.6. The lowest BCUT2D eigenvalue weighted by molar-refractivity contribution is 0.104. The standard InChI is InChI=1S/C65H46F4N8O/c66-51-25-27-53(76(37-41-15-5-1-6-16-41)38-42-17-7-2-8-18-42)61(68)59(51)55-47(45-23-13-29-70-31-45)33-72-64-57(55)49(35-74-64)63(78)50-36-75-65-58(50)56(48(34-73-65)46-24-14-30-71-32-46)60-52(67)26-28-54(62(60)69)77(39-43-19-9-3-10-20-43)40-44-21-11-4-12-22-44/h1-36H,37-40H2,(H,72,74)(H,73,75). The molecule has 0 aliphatic rings. The monoisotopic (exact) mass is 1030 g/mol. The van der Waals surface area contributed by atoms with Crippen LogP contribution in [0.3, 0.4) is 0 Å². The largest absolute Gasteiger partial charge is 0.360 e. The van der Waals surface area contributed by atoms with E-state index in [1.807, 2.05) is 131 Å². The fourth-order valence-electron chi connectivity index (χ4n) is 10.4. The predicted octanol–water partition coefficient (Wildman–Crippen LogP) is 15.1. The molecule has 380 valence electrons. The van der Waals surface area contributed by atoms with E-state index >= 15 is 22.4 Å². The fraction of sp³-hybridized carbons (Fsp3) is 0.0615. The lowest BCUT2D eigenvalue weighted by Gasteiger charge is -2.27. The fourth-order valence-corrected chi connectivity index (χ4v) is 10.4. The van der Waals surface area contributed by atoms with Crippen molar-refractivity contribution in [2.45, 2.75) is 26.2 Å². The number of ketones is 1. The van der Waals surface area contributed by atoms with Crippen molar-refractivity contribution < 1.29 is 22.4 Å². The second-order valence-electron chi connectivity index (χ2n) is 18.9. The molecule has 0 atom stereocenters. The molecule has 0 aliphatic carbocycles. The van der Waals surface area contributed by atoms with E-state index in [2.05, 4.69) is 19.9 Å². The number of pyridine rings is 4. The van der Waals surface area contributed by atoms with E-state index in [-0.39, 0.29) is 81.9 Å². The Labute approximate surface area is 446 Å². The first kappa shape index (κ1) is 48.9. The number of hydrogen-bond acceptors (Lipinski definition) is 7. The minimum atomic E-state index is -0.882. The molecule has 6 aromatic carbocycles. The number of rotatable bonds is 16. The van der Waals surface area contributed by atoms with Crippen LogP contribution in [0, 0.1) is 23.3 Å². The molecular formula is C65H46F4N8O. The molecule has 0 unspecified atom stereocenters. The minimum absolute atomic E-state index is 0.0157. The van der Waals surface area contributed by atoms with E-state index in [1.165, 1.54) is 49.1 Å². The van der Waals surface area contributed by atoms with Crippen LogP contribution in [0.15, 0.2) is 219 Å². The molecule has 78 heavy (non-hydrogen) atoms. The maximum absolute atomic E-state index is 18.2. The minimum Gasteiger partial charge on any atom is -0.360 e. The van der Waals surface area contributed by atoms with Gasteiger partial charge in [-0.3, -0.25) is 14.8 Å². The number of H-pyrrole nitrogens is 2. The number of nitrogens with zero attached hydrogens (tertiary/aromatic N) is 6. The van der Waals surface area contributed by atoms with Gasteiger partial charge in [0, 0.05) is 120 Å². The van der Waals surface area contributed by atoms with Crippen LogP contribution in [0.25, 0.3) is 66.6 Å². The van der Waals surface area contributed by atoms with Gasteiger partial charge in [-0.25, -0.2) is 27.5 Å². The van der Waals surface area contributed by atoms with Crippen LogP contribution in [0.5, 0.6) is 0 Å². The van der Waals surface area contributed by atoms with Crippen LogP contribution in [-0.4, -0.2) is 35.7 Å². The van der Waals surface area contributed by atoms with Gasteiger partial charge in [-0.05, 0) is 58.7 Å². The number of carbonyl (C=O) groups is 1. The number of nitrogens with one attached hydrogen (secondary N) is 2. The van der Waals surface area contributed by atoms with Crippen molar-refractivity contribution in [2.75, 3.05) is 9.80 Å². The number of aromatic amines is 2. The van der Waals surface area contributed by atoms with E-state index in [4.69, 9.17) is 9.97 Å². The zero-order valence-electron chi connectivity index (χ0n) is 41.7. The Morgan fingerprint density at radius 3 is 1.10 bits per heavy atom. The van der Waals surface area contributed by atoms with E-state index in [1.54, 1.807) is 49.1 Å². The molecule has 0 bridgehead atoms. The second kappa shape index (κ2) is 21.3. The maximum atomic E-state index is 18.2. The molecule has 12 aromatic rings. The molecule has 6 heterocycles. The Bertz CT molecular complexity index is 3760. The Hall–Kier alpha value is -10.0. The third kappa shape index (κ3) is 9.42. The highest BCUT2D eigenvalue weighted by atomic mass is 19.1. The van der Waals surface area contributed by atoms with Gasteiger partial charge >= 0.3 is 0 Å². The number of carbonyl (C=O) groups excluding carboxylic acids is 1. The average Bonchev–Trinajstić information content (AvgIpc) is 4.31. The third-order valence-corrected chi connectivity index (χ3v) is 14.0. The zero-order valence-corrected chi connectivity index (χ0v) is 41.7. The molecule has 6 aromatic heterocycles. The summed E-state index contributed by atoms with van der Waals surface area (Å²) in [6, 6.07) is 50.7. The highest BCUT2D eigenvalue weighted by molar-refractivity contribution is 6.26. The summed E-state index contributed by atoms with van der Waals surface area (Å²) in [5.74, 6) is -4.14. The molecule has 2 N–H and O–H groups in total. The molecule has 0 aliphatic heterocycles. The van der Waals surface area contributed by atoms with E-state index < -0.39 is 40.2 Å². The average molecular weight is 1030 g/mol. The summed E-state index contributed by atoms with van der Waals surface area (Å²) in [5, 5.41) is 0.219. The Kier molecular flexibility index (Phi) is 13.4. The van der Waals surface area contributed by atoms with E-state index in [0.717, 1.165) is 22.3 Å². The second-order valence-corrected chi connectivity index (χ2v) is 18.9. The van der Waals surface area contributed by atoms with Crippen molar-refractivity contribution in [2.24, 2.45) is 0 Å². The molecule has 0 radical (unpaired) electrons. The predicted molar refractivity (Wildman–Crippen MR) is 298 cm³/mol. The van der Waals surface area contributed by atoms with Crippen molar-refractivity contribution in [3.63, 3.8) is 0 Å². The first-order valence-electron chi connectivity index (χ1n) is 25.3. The molecule has 12 rings (SSSR count). The quantitative estimate of drug-likeness (QED) is 0.0733. The SMILES string of the molecule is O=C(c1c[nH]c2ncc(-c3cccnc3)c(-c3c(F)ccc(N(Cc4ccccc4)Cc4ccccc4)c3F)c12)c1c[nH]c2ncc(-c3cccnc3)c(-c3c(F)ccc(N(Cc4ccccc4)Cc4ccccc4)c3F)c12. The van der Waals surface area contributed by atoms with Gasteiger partial charge in [-0.2, -0.15) is 0 Å². The summed E-state index contributed by atoms with van der Waals surface area (Å²) in [4.78, 5) is 43.9. The van der Waals surface area contributed by atoms with Crippen LogP contribution in [0.2, 0.25) is 0 Å². The topological polar surface area (TPSA) is 107 Å². The Balaban J connectivity index is 1.07. The number of hydrogen-bond donors (Lipinski definition) is 2. The summed E-state index contributed by atoms with van der Waals surface area (Å²) in [7, 11) is 0. The molecule has 0 fully saturated rings. The first-order chi connectivity index (χ1) is 38.3. The van der Waals surface area contributed by atoms with Gasteiger partial charge < -0.3 is 19.8 Å². The number of fused-ring (bicyclic) bond motifs is 2. The molecule has 0 saturated carbocycles. The third-order valence-electron chi connectivity index (χ3n) is 14.0. The smallest absolute Gasteiger partial charge is 0.197 e. The van der Waals surface area contributed by atoms with Crippen LogP contribution < -0.4 is 9.80 Å². The van der Waals surface area contributed by atoms with E-state index in [0.29, 0.717) is 22.3 Å². The van der Waals surface area contributed by atoms with Gasteiger partial charge in [-0.1, -0.05) is 133 Å². The highest BCUT2D eigenvalue weighted by Gasteiger charge is 2.32. The van der Waals surface area contributed by atoms with Crippen LogP contribution >= 0.6 is 0 Å². The van der Waals surface area contributed by atoms with Crippen molar-refractivity contribution in [3.05, 3.63) is 276 Å². The van der Waals surface area contributed by atoms with Crippen LogP contribution in [-0.2, 0) is 26.2 Å². The van der Waals surface area contributed by atoms with Gasteiger partial charge in [0.25, 0.3) is 0 Å². The number of halogens is 4. The summed E-state index contributed by atoms with van der Waals surface area (Å²) in [6.07, 6.45) is 12.2. The molecular weight excluding hydrogens is 985 g/mol. The van der Waals surface area contributed by atoms with Crippen LogP contribution in [0.1, 0.15) is 38.2 Å². The van der Waals surface area contributed by atoms with Gasteiger partial charge in [-0.15, -0.1) is 0 Å². The van der Waals surface area contributed by atoms with Gasteiger partial charge in [0.2, 0.25) is 0 Å². The summed E-state index contributed by atoms with van der Waals surface area (Å²) in [5.41, 5.74) is 5.02. The van der Waals surface area contributed by atoms with Gasteiger partial charge in [0.1, 0.15) is 22.9 Å². The lowest BCUT2D eigenvalue weighted by atomic mass is 9.88. The molecule has 9 nitrogen and oxygen atoms in total. The van der Waals surface area contributed by atoms with Crippen molar-refractivity contribution in [3.8, 4) is 44.5 Å². The highest BCUT2D eigenvalue weighted by Crippen LogP contribution is 2.47. The normalized spacial score (nSPS) is 11.3. The Morgan fingerprint density at radius 2 is 0.769 bits per heavy atom. The zero-order chi connectivity index (χ0) is 53.1. The van der Waals surface area contributed by atoms with Crippen molar-refractivity contribution in [1.82, 2.24) is 29.9 Å². The first-order valence-corrected chi connectivity index (χ1v) is 25.3. The van der Waals surface area contributed by atoms with Crippen molar-refractivity contribution >= 4 is 39.2 Å². The van der Waals surface area contributed by atoms with Gasteiger partial charge in [0.05, 0.1) is 33.6 Å². The molecule has 0 spiro atoms. The van der Waals surface area contributed by atoms with E-state index in [9.17, 15) is 0 Å². The van der Waals surface area contributed by atoms with Crippen LogP contribution in [0.4, 0.5) is 28.9 Å². The van der Waals surface area contributed by atoms with Crippen molar-refractivity contribution in [1.29, 1.82) is 0 Å². The molecule has 13 heteroatoms. The molecule has 0 amide bonds. The summed E-state index contributed by atoms with van der Waals surface area (Å²) in [6.45, 7) is 1.14. The number of aromatic nitrogens is 6. The number of anilines is 2. The summed E-state index contributed by atoms with van der Waals surface area (Å²) >= 11 is 0. The number of benzene rings is 6. The maximum Gasteiger partial charge on any atom is 0.197 e. The molecule has 0 saturated heterocycles. The lowest BCUT2D eigenvalue weighted by Crippen LogP contribution is -2.23. The van der Waals surface area contributed by atoms with Gasteiger partial charge in [0.15, 0.2) is 17.4 Å².